The van der Waals surface area contributed by atoms with Crippen LogP contribution in [0, 0.1) is 0 Å². The van der Waals surface area contributed by atoms with Crippen LogP contribution < -0.4 is 9.46 Å². The number of likely N-dealkylation sites (tertiary alicyclic amines) is 1. The minimum absolute atomic E-state index is 0.0737. The summed E-state index contributed by atoms with van der Waals surface area (Å²) in [5.74, 6) is 1.34. The summed E-state index contributed by atoms with van der Waals surface area (Å²) < 4.78 is 44.5. The second-order valence-electron chi connectivity index (χ2n) is 11.2. The number of hydrogen-bond donors (Lipinski definition) is 1. The predicted octanol–water partition coefficient (Wildman–Crippen LogP) is 5.00. The van der Waals surface area contributed by atoms with E-state index in [1.165, 1.54) is 5.56 Å². The van der Waals surface area contributed by atoms with Crippen molar-refractivity contribution in [2.75, 3.05) is 26.0 Å². The molecule has 0 bridgehead atoms. The molecule has 0 aromatic heterocycles. The van der Waals surface area contributed by atoms with Gasteiger partial charge in [-0.2, -0.15) is 0 Å². The third kappa shape index (κ3) is 9.61. The molecule has 37 heavy (non-hydrogen) atoms. The fourth-order valence-electron chi connectivity index (χ4n) is 5.14. The number of nitrogens with one attached hydrogen (secondary N) is 1. The van der Waals surface area contributed by atoms with Gasteiger partial charge in [-0.25, -0.2) is 17.9 Å². The average Bonchev–Trinajstić information content (AvgIpc) is 2.82. The summed E-state index contributed by atoms with van der Waals surface area (Å²) >= 11 is 0. The molecule has 2 atom stereocenters. The van der Waals surface area contributed by atoms with Crippen LogP contribution in [0.1, 0.15) is 77.2 Å². The number of sulfonamides is 1. The van der Waals surface area contributed by atoms with E-state index in [1.54, 1.807) is 4.90 Å². The highest BCUT2D eigenvalue weighted by Crippen LogP contribution is 2.35. The van der Waals surface area contributed by atoms with Gasteiger partial charge in [-0.15, -0.1) is 6.58 Å². The SMILES string of the molecule is C=CCCOc1cccc(C2CCC(OCC3[C@@H](NS(C)(=O)=O)CCCN3C(=O)OC(C)(C)C)CC2)c1. The van der Waals surface area contributed by atoms with Crippen molar-refractivity contribution in [2.24, 2.45) is 0 Å². The summed E-state index contributed by atoms with van der Waals surface area (Å²) in [7, 11) is -3.43. The molecule has 1 aliphatic heterocycles. The molecule has 2 fully saturated rings. The molecule has 1 heterocycles. The van der Waals surface area contributed by atoms with Crippen molar-refractivity contribution in [3.63, 3.8) is 0 Å². The van der Waals surface area contributed by atoms with Gasteiger partial charge in [-0.3, -0.25) is 0 Å². The molecule has 2 aliphatic rings. The molecular formula is C28H44N2O6S. The van der Waals surface area contributed by atoms with E-state index in [4.69, 9.17) is 14.2 Å². The third-order valence-electron chi connectivity index (χ3n) is 6.87. The lowest BCUT2D eigenvalue weighted by atomic mass is 9.82. The highest BCUT2D eigenvalue weighted by molar-refractivity contribution is 7.88. The largest absolute Gasteiger partial charge is 0.493 e. The van der Waals surface area contributed by atoms with Gasteiger partial charge in [0.05, 0.1) is 31.6 Å². The maximum absolute atomic E-state index is 13.0. The van der Waals surface area contributed by atoms with E-state index in [0.29, 0.717) is 31.9 Å². The summed E-state index contributed by atoms with van der Waals surface area (Å²) in [5, 5.41) is 0. The third-order valence-corrected chi connectivity index (χ3v) is 7.60. The second kappa shape index (κ2) is 13.1. The van der Waals surface area contributed by atoms with E-state index in [0.717, 1.165) is 44.1 Å². The Kier molecular flexibility index (Phi) is 10.4. The summed E-state index contributed by atoms with van der Waals surface area (Å²) in [5.41, 5.74) is 0.654. The number of ether oxygens (including phenoxy) is 3. The number of amides is 1. The Bertz CT molecular complexity index is 998. The Hall–Kier alpha value is -2.10. The molecule has 1 saturated carbocycles. The van der Waals surface area contributed by atoms with Crippen LogP contribution >= 0.6 is 0 Å². The summed E-state index contributed by atoms with van der Waals surface area (Å²) in [4.78, 5) is 14.6. The van der Waals surface area contributed by atoms with Crippen LogP contribution in [0.15, 0.2) is 36.9 Å². The van der Waals surface area contributed by atoms with E-state index in [1.807, 2.05) is 39.0 Å². The van der Waals surface area contributed by atoms with Gasteiger partial charge in [-0.05, 0) is 89.3 Å². The molecule has 1 aliphatic carbocycles. The Morgan fingerprint density at radius 1 is 1.19 bits per heavy atom. The number of rotatable bonds is 10. The molecule has 0 radical (unpaired) electrons. The Balaban J connectivity index is 1.59. The lowest BCUT2D eigenvalue weighted by molar-refractivity contribution is -0.0390. The minimum Gasteiger partial charge on any atom is -0.493 e. The van der Waals surface area contributed by atoms with E-state index in [9.17, 15) is 13.2 Å². The quantitative estimate of drug-likeness (QED) is 0.334. The van der Waals surface area contributed by atoms with Crippen molar-refractivity contribution in [3.05, 3.63) is 42.5 Å². The Labute approximate surface area is 222 Å². The van der Waals surface area contributed by atoms with Crippen LogP contribution in [0.3, 0.4) is 0 Å². The first-order valence-corrected chi connectivity index (χ1v) is 15.3. The van der Waals surface area contributed by atoms with Crippen molar-refractivity contribution >= 4 is 16.1 Å². The van der Waals surface area contributed by atoms with Crippen molar-refractivity contribution in [1.29, 1.82) is 0 Å². The van der Waals surface area contributed by atoms with Crippen LogP contribution in [0.4, 0.5) is 4.79 Å². The zero-order valence-corrected chi connectivity index (χ0v) is 23.6. The molecule has 1 amide bonds. The highest BCUT2D eigenvalue weighted by Gasteiger charge is 2.38. The fraction of sp³-hybridized carbons (Fsp3) is 0.679. The Morgan fingerprint density at radius 2 is 1.92 bits per heavy atom. The zero-order chi connectivity index (χ0) is 27.1. The molecule has 0 spiro atoms. The maximum atomic E-state index is 13.0. The van der Waals surface area contributed by atoms with Gasteiger partial charge in [-0.1, -0.05) is 18.2 Å². The molecule has 8 nitrogen and oxygen atoms in total. The molecular weight excluding hydrogens is 492 g/mol. The lowest BCUT2D eigenvalue weighted by Crippen LogP contribution is -2.59. The standard InChI is InChI=1S/C28H44N2O6S/c1-6-7-18-34-24-11-8-10-22(19-24)21-13-15-23(16-14-21)35-20-26-25(29-37(5,32)33)12-9-17-30(26)27(31)36-28(2,3)4/h6,8,10-11,19,21,23,25-26,29H,1,7,9,12-18,20H2,2-5H3/t21?,23?,25-,26?/m0/s1. The molecule has 1 N–H and O–H groups in total. The number of piperidine rings is 1. The van der Waals surface area contributed by atoms with Crippen LogP contribution in [-0.2, 0) is 19.5 Å². The normalized spacial score (nSPS) is 24.9. The number of carbonyl (C=O) groups is 1. The van der Waals surface area contributed by atoms with E-state index in [-0.39, 0.29) is 12.7 Å². The van der Waals surface area contributed by atoms with Crippen molar-refractivity contribution in [2.45, 2.75) is 95.4 Å². The summed E-state index contributed by atoms with van der Waals surface area (Å²) in [6, 6.07) is 7.51. The summed E-state index contributed by atoms with van der Waals surface area (Å²) in [6.45, 7) is 10.6. The first-order valence-electron chi connectivity index (χ1n) is 13.4. The van der Waals surface area contributed by atoms with Crippen LogP contribution in [0.2, 0.25) is 0 Å². The highest BCUT2D eigenvalue weighted by atomic mass is 32.2. The monoisotopic (exact) mass is 536 g/mol. The van der Waals surface area contributed by atoms with Gasteiger partial charge >= 0.3 is 6.09 Å². The number of nitrogens with zero attached hydrogens (tertiary/aromatic N) is 1. The number of benzene rings is 1. The minimum atomic E-state index is -3.43. The molecule has 9 heteroatoms. The molecule has 3 rings (SSSR count). The van der Waals surface area contributed by atoms with Crippen LogP contribution in [0.5, 0.6) is 5.75 Å². The number of carbonyl (C=O) groups excluding carboxylic acids is 1. The van der Waals surface area contributed by atoms with Gasteiger partial charge in [0.2, 0.25) is 10.0 Å². The predicted molar refractivity (Wildman–Crippen MR) is 145 cm³/mol. The van der Waals surface area contributed by atoms with Gasteiger partial charge in [0.25, 0.3) is 0 Å². The van der Waals surface area contributed by atoms with Crippen molar-refractivity contribution in [1.82, 2.24) is 9.62 Å². The fourth-order valence-corrected chi connectivity index (χ4v) is 5.96. The molecule has 1 aromatic carbocycles. The van der Waals surface area contributed by atoms with Crippen LogP contribution in [0.25, 0.3) is 0 Å². The van der Waals surface area contributed by atoms with Crippen molar-refractivity contribution in [3.8, 4) is 5.75 Å². The molecule has 1 saturated heterocycles. The van der Waals surface area contributed by atoms with Gasteiger partial charge in [0.1, 0.15) is 11.4 Å². The van der Waals surface area contributed by atoms with Gasteiger partial charge < -0.3 is 19.1 Å². The van der Waals surface area contributed by atoms with Crippen LogP contribution in [-0.4, -0.2) is 69.2 Å². The average molecular weight is 537 g/mol. The lowest BCUT2D eigenvalue weighted by Gasteiger charge is -2.42. The summed E-state index contributed by atoms with van der Waals surface area (Å²) in [6.07, 6.45) is 8.65. The van der Waals surface area contributed by atoms with Crippen molar-refractivity contribution < 1.29 is 27.4 Å². The second-order valence-corrected chi connectivity index (χ2v) is 13.0. The molecule has 208 valence electrons. The van der Waals surface area contributed by atoms with Gasteiger partial charge in [0, 0.05) is 12.6 Å². The van der Waals surface area contributed by atoms with Gasteiger partial charge in [0.15, 0.2) is 0 Å². The topological polar surface area (TPSA) is 94.2 Å². The first-order chi connectivity index (χ1) is 17.4. The van der Waals surface area contributed by atoms with E-state index in [2.05, 4.69) is 23.4 Å². The molecule has 1 aromatic rings. The zero-order valence-electron chi connectivity index (χ0n) is 22.8. The molecule has 1 unspecified atom stereocenters. The van der Waals surface area contributed by atoms with E-state index < -0.39 is 33.8 Å². The first kappa shape index (κ1) is 29.5. The number of hydrogen-bond acceptors (Lipinski definition) is 6. The Morgan fingerprint density at radius 3 is 2.57 bits per heavy atom. The smallest absolute Gasteiger partial charge is 0.410 e. The maximum Gasteiger partial charge on any atom is 0.410 e. The van der Waals surface area contributed by atoms with E-state index >= 15 is 0 Å².